The molecule has 0 aliphatic rings. The Morgan fingerprint density at radius 3 is 2.69 bits per heavy atom. The first-order chi connectivity index (χ1) is 7.56. The molecule has 0 aromatic carbocycles. The van der Waals surface area contributed by atoms with Gasteiger partial charge in [0.1, 0.15) is 5.82 Å². The number of thiophene rings is 1. The maximum atomic E-state index is 11.9. The van der Waals surface area contributed by atoms with Gasteiger partial charge in [0.2, 0.25) is 5.95 Å². The Morgan fingerprint density at radius 2 is 2.19 bits per heavy atom. The number of hydrogen-bond acceptors (Lipinski definition) is 4. The summed E-state index contributed by atoms with van der Waals surface area (Å²) in [5.41, 5.74) is 0.685. The highest BCUT2D eigenvalue weighted by molar-refractivity contribution is 7.12. The third-order valence-electron chi connectivity index (χ3n) is 2.11. The molecule has 5 nitrogen and oxygen atoms in total. The first-order valence-electron chi connectivity index (χ1n) is 4.83. The summed E-state index contributed by atoms with van der Waals surface area (Å²) < 4.78 is 0. The average Bonchev–Trinajstić information content (AvgIpc) is 2.73. The van der Waals surface area contributed by atoms with Crippen molar-refractivity contribution in [3.63, 3.8) is 0 Å². The fourth-order valence-electron chi connectivity index (χ4n) is 1.42. The Kier molecular flexibility index (Phi) is 2.74. The summed E-state index contributed by atoms with van der Waals surface area (Å²) in [6.07, 6.45) is 0. The van der Waals surface area contributed by atoms with Crippen LogP contribution in [-0.4, -0.2) is 21.1 Å². The molecule has 84 valence electrons. The second-order valence-corrected chi connectivity index (χ2v) is 4.99. The molecule has 0 saturated carbocycles. The van der Waals surface area contributed by atoms with Crippen LogP contribution in [0, 0.1) is 20.8 Å². The van der Waals surface area contributed by atoms with Crippen LogP contribution in [-0.2, 0) is 0 Å². The molecule has 0 saturated heterocycles. The van der Waals surface area contributed by atoms with E-state index in [0.717, 1.165) is 9.75 Å². The monoisotopic (exact) mass is 236 g/mol. The predicted octanol–water partition coefficient (Wildman–Crippen LogP) is 2.04. The zero-order valence-electron chi connectivity index (χ0n) is 9.29. The number of amides is 1. The van der Waals surface area contributed by atoms with Crippen molar-refractivity contribution in [1.82, 2.24) is 15.2 Å². The van der Waals surface area contributed by atoms with Gasteiger partial charge < -0.3 is 0 Å². The van der Waals surface area contributed by atoms with E-state index in [9.17, 15) is 4.79 Å². The second kappa shape index (κ2) is 4.05. The third kappa shape index (κ3) is 2.11. The summed E-state index contributed by atoms with van der Waals surface area (Å²) in [7, 11) is 0. The lowest BCUT2D eigenvalue weighted by Gasteiger charge is -1.98. The largest absolute Gasteiger partial charge is 0.289 e. The maximum Gasteiger partial charge on any atom is 0.259 e. The lowest BCUT2D eigenvalue weighted by atomic mass is 10.2. The number of rotatable bonds is 2. The molecule has 16 heavy (non-hydrogen) atoms. The minimum Gasteiger partial charge on any atom is -0.289 e. The smallest absolute Gasteiger partial charge is 0.259 e. The van der Waals surface area contributed by atoms with Crippen molar-refractivity contribution >= 4 is 23.2 Å². The zero-order valence-corrected chi connectivity index (χ0v) is 10.1. The molecule has 2 heterocycles. The highest BCUT2D eigenvalue weighted by Crippen LogP contribution is 2.21. The van der Waals surface area contributed by atoms with E-state index in [0.29, 0.717) is 17.3 Å². The quantitative estimate of drug-likeness (QED) is 0.838. The first kappa shape index (κ1) is 10.8. The fourth-order valence-corrected chi connectivity index (χ4v) is 2.35. The van der Waals surface area contributed by atoms with Crippen LogP contribution >= 0.6 is 11.3 Å². The molecule has 6 heteroatoms. The Hall–Kier alpha value is -1.69. The average molecular weight is 236 g/mol. The molecule has 2 N–H and O–H groups in total. The molecule has 1 amide bonds. The Balaban J connectivity index is 2.17. The minimum absolute atomic E-state index is 0.166. The van der Waals surface area contributed by atoms with Crippen LogP contribution in [0.3, 0.4) is 0 Å². The van der Waals surface area contributed by atoms with Crippen molar-refractivity contribution in [3.05, 3.63) is 27.2 Å². The molecular weight excluding hydrogens is 224 g/mol. The van der Waals surface area contributed by atoms with E-state index >= 15 is 0 Å². The molecule has 2 aromatic heterocycles. The van der Waals surface area contributed by atoms with Gasteiger partial charge in [-0.25, -0.2) is 0 Å². The summed E-state index contributed by atoms with van der Waals surface area (Å²) >= 11 is 1.60. The van der Waals surface area contributed by atoms with Gasteiger partial charge in [0.15, 0.2) is 0 Å². The van der Waals surface area contributed by atoms with Crippen molar-refractivity contribution in [3.8, 4) is 0 Å². The highest BCUT2D eigenvalue weighted by Gasteiger charge is 2.13. The molecule has 0 aliphatic heterocycles. The molecule has 0 aliphatic carbocycles. The Bertz CT molecular complexity index is 529. The van der Waals surface area contributed by atoms with E-state index in [1.165, 1.54) is 0 Å². The van der Waals surface area contributed by atoms with Crippen molar-refractivity contribution in [1.29, 1.82) is 0 Å². The number of carbonyl (C=O) groups excluding carboxylic acids is 1. The van der Waals surface area contributed by atoms with Crippen LogP contribution in [0.1, 0.15) is 25.9 Å². The lowest BCUT2D eigenvalue weighted by Crippen LogP contribution is -2.13. The van der Waals surface area contributed by atoms with Crippen LogP contribution in [0.2, 0.25) is 0 Å². The lowest BCUT2D eigenvalue weighted by molar-refractivity contribution is 0.102. The number of nitrogens with one attached hydrogen (secondary N) is 2. The SMILES string of the molecule is Cc1nc(NC(=O)c2cc(C)sc2C)n[nH]1. The number of nitrogens with zero attached hydrogens (tertiary/aromatic N) is 2. The third-order valence-corrected chi connectivity index (χ3v) is 3.07. The summed E-state index contributed by atoms with van der Waals surface area (Å²) in [4.78, 5) is 18.0. The number of carbonyl (C=O) groups is 1. The fraction of sp³-hybridized carbons (Fsp3) is 0.300. The maximum absolute atomic E-state index is 11.9. The zero-order chi connectivity index (χ0) is 11.7. The van der Waals surface area contributed by atoms with Crippen molar-refractivity contribution in [2.75, 3.05) is 5.32 Å². The van der Waals surface area contributed by atoms with Crippen molar-refractivity contribution in [2.24, 2.45) is 0 Å². The van der Waals surface area contributed by atoms with Crippen molar-refractivity contribution < 1.29 is 4.79 Å². The number of aromatic nitrogens is 3. The summed E-state index contributed by atoms with van der Waals surface area (Å²) in [6, 6.07) is 1.87. The van der Waals surface area contributed by atoms with Crippen LogP contribution in [0.25, 0.3) is 0 Å². The second-order valence-electron chi connectivity index (χ2n) is 3.53. The first-order valence-corrected chi connectivity index (χ1v) is 5.65. The van der Waals surface area contributed by atoms with E-state index in [2.05, 4.69) is 20.5 Å². The number of aryl methyl sites for hydroxylation is 3. The Morgan fingerprint density at radius 1 is 1.44 bits per heavy atom. The standard InChI is InChI=1S/C10H12N4OS/c1-5-4-8(6(2)16-5)9(15)12-10-11-7(3)13-14-10/h4H,1-3H3,(H2,11,12,13,14,15). The molecule has 2 aromatic rings. The van der Waals surface area contributed by atoms with E-state index in [1.807, 2.05) is 19.9 Å². The number of hydrogen-bond donors (Lipinski definition) is 2. The van der Waals surface area contributed by atoms with Gasteiger partial charge in [0.05, 0.1) is 5.56 Å². The molecule has 0 spiro atoms. The number of H-pyrrole nitrogens is 1. The normalized spacial score (nSPS) is 10.4. The molecule has 2 rings (SSSR count). The van der Waals surface area contributed by atoms with Crippen LogP contribution in [0.15, 0.2) is 6.07 Å². The summed E-state index contributed by atoms with van der Waals surface area (Å²) in [5.74, 6) is 0.820. The molecule has 0 unspecified atom stereocenters. The van der Waals surface area contributed by atoms with Crippen LogP contribution < -0.4 is 5.32 Å². The van der Waals surface area contributed by atoms with Gasteiger partial charge in [-0.2, -0.15) is 4.98 Å². The summed E-state index contributed by atoms with van der Waals surface area (Å²) in [6.45, 7) is 5.68. The van der Waals surface area contributed by atoms with Gasteiger partial charge in [-0.1, -0.05) is 0 Å². The van der Waals surface area contributed by atoms with Crippen LogP contribution in [0.5, 0.6) is 0 Å². The predicted molar refractivity (Wildman–Crippen MR) is 62.9 cm³/mol. The van der Waals surface area contributed by atoms with Gasteiger partial charge in [-0.05, 0) is 26.8 Å². The van der Waals surface area contributed by atoms with Gasteiger partial charge in [-0.15, -0.1) is 16.4 Å². The van der Waals surface area contributed by atoms with E-state index in [1.54, 1.807) is 18.3 Å². The topological polar surface area (TPSA) is 70.7 Å². The van der Waals surface area contributed by atoms with Crippen LogP contribution in [0.4, 0.5) is 5.95 Å². The Labute approximate surface area is 96.9 Å². The highest BCUT2D eigenvalue weighted by atomic mass is 32.1. The van der Waals surface area contributed by atoms with E-state index in [-0.39, 0.29) is 5.91 Å². The van der Waals surface area contributed by atoms with Gasteiger partial charge in [0, 0.05) is 9.75 Å². The minimum atomic E-state index is -0.166. The number of aromatic amines is 1. The van der Waals surface area contributed by atoms with E-state index in [4.69, 9.17) is 0 Å². The molecule has 0 atom stereocenters. The summed E-state index contributed by atoms with van der Waals surface area (Å²) in [5, 5.41) is 9.17. The molecule has 0 fully saturated rings. The molecule has 0 radical (unpaired) electrons. The van der Waals surface area contributed by atoms with Crippen molar-refractivity contribution in [2.45, 2.75) is 20.8 Å². The number of anilines is 1. The van der Waals surface area contributed by atoms with E-state index < -0.39 is 0 Å². The van der Waals surface area contributed by atoms with Gasteiger partial charge >= 0.3 is 0 Å². The van der Waals surface area contributed by atoms with Gasteiger partial charge in [-0.3, -0.25) is 15.2 Å². The van der Waals surface area contributed by atoms with Gasteiger partial charge in [0.25, 0.3) is 5.91 Å². The molecule has 0 bridgehead atoms. The molecular formula is C10H12N4OS.